The number of hydrogen-bond donors (Lipinski definition) is 1. The van der Waals surface area contributed by atoms with Gasteiger partial charge in [0, 0.05) is 49.2 Å². The number of anilines is 1. The Hall–Kier alpha value is -2.86. The number of benzene rings is 1. The Labute approximate surface area is 194 Å². The molecule has 1 unspecified atom stereocenters. The van der Waals surface area contributed by atoms with Crippen LogP contribution in [-0.4, -0.2) is 46.6 Å². The van der Waals surface area contributed by atoms with Crippen LogP contribution in [-0.2, 0) is 0 Å². The molecule has 33 heavy (non-hydrogen) atoms. The van der Waals surface area contributed by atoms with E-state index in [1.54, 1.807) is 11.6 Å². The van der Waals surface area contributed by atoms with Gasteiger partial charge in [0.2, 0.25) is 0 Å². The number of rotatable bonds is 2. The number of aromatic nitrogens is 2. The Balaban J connectivity index is 1.34. The van der Waals surface area contributed by atoms with Crippen molar-refractivity contribution in [1.82, 2.24) is 14.3 Å². The molecule has 2 aromatic heterocycles. The number of fused-ring (bicyclic) bond motifs is 5. The van der Waals surface area contributed by atoms with Gasteiger partial charge in [-0.05, 0) is 67.9 Å². The van der Waals surface area contributed by atoms with Gasteiger partial charge in [0.15, 0.2) is 0 Å². The molecule has 3 aliphatic rings. The molecule has 172 valence electrons. The minimum atomic E-state index is -0.264. The van der Waals surface area contributed by atoms with Gasteiger partial charge in [-0.3, -0.25) is 4.90 Å². The molecule has 0 amide bonds. The summed E-state index contributed by atoms with van der Waals surface area (Å²) in [4.78, 5) is 7.36. The van der Waals surface area contributed by atoms with Crippen molar-refractivity contribution in [2.24, 2.45) is 11.8 Å². The van der Waals surface area contributed by atoms with E-state index in [4.69, 9.17) is 9.72 Å². The molecule has 0 radical (unpaired) electrons. The van der Waals surface area contributed by atoms with Crippen LogP contribution in [0.25, 0.3) is 16.8 Å². The molecule has 6 rings (SSSR count). The van der Waals surface area contributed by atoms with Crippen LogP contribution in [0.5, 0.6) is 5.75 Å². The van der Waals surface area contributed by atoms with E-state index >= 15 is 0 Å². The first kappa shape index (κ1) is 20.7. The van der Waals surface area contributed by atoms with Gasteiger partial charge < -0.3 is 14.5 Å². The van der Waals surface area contributed by atoms with Crippen LogP contribution in [0.15, 0.2) is 54.4 Å². The number of halogens is 1. The Morgan fingerprint density at radius 3 is 2.91 bits per heavy atom. The highest BCUT2D eigenvalue weighted by Gasteiger charge is 2.29. The van der Waals surface area contributed by atoms with E-state index in [9.17, 15) is 4.39 Å². The lowest BCUT2D eigenvalue weighted by molar-refractivity contribution is 0.134. The second-order valence-corrected chi connectivity index (χ2v) is 9.86. The van der Waals surface area contributed by atoms with E-state index in [1.807, 2.05) is 35.0 Å². The van der Waals surface area contributed by atoms with Crippen molar-refractivity contribution in [2.45, 2.75) is 38.6 Å². The summed E-state index contributed by atoms with van der Waals surface area (Å²) >= 11 is 0. The third-order valence-corrected chi connectivity index (χ3v) is 7.41. The van der Waals surface area contributed by atoms with Gasteiger partial charge in [-0.2, -0.15) is 0 Å². The zero-order valence-corrected chi connectivity index (χ0v) is 19.1. The average Bonchev–Trinajstić information content (AvgIpc) is 3.56. The second kappa shape index (κ2) is 8.49. The summed E-state index contributed by atoms with van der Waals surface area (Å²) in [6.45, 7) is 5.74. The van der Waals surface area contributed by atoms with Crippen molar-refractivity contribution >= 4 is 11.5 Å². The highest BCUT2D eigenvalue weighted by Crippen LogP contribution is 2.38. The largest absolute Gasteiger partial charge is 0.492 e. The van der Waals surface area contributed by atoms with Crippen molar-refractivity contribution < 1.29 is 9.13 Å². The van der Waals surface area contributed by atoms with Gasteiger partial charge in [-0.25, -0.2) is 9.37 Å². The Bertz CT molecular complexity index is 1200. The van der Waals surface area contributed by atoms with Crippen molar-refractivity contribution in [2.75, 3.05) is 31.6 Å². The predicted molar refractivity (Wildman–Crippen MR) is 129 cm³/mol. The topological polar surface area (TPSA) is 41.8 Å². The van der Waals surface area contributed by atoms with Crippen LogP contribution >= 0.6 is 0 Å². The Morgan fingerprint density at radius 1 is 1.15 bits per heavy atom. The highest BCUT2D eigenvalue weighted by atomic mass is 19.1. The maximum atomic E-state index is 14.8. The maximum Gasteiger partial charge on any atom is 0.147 e. The maximum absolute atomic E-state index is 14.8. The number of nitrogens with one attached hydrogen (secondary N) is 1. The first-order valence-electron chi connectivity index (χ1n) is 12.2. The molecule has 2 atom stereocenters. The van der Waals surface area contributed by atoms with Crippen molar-refractivity contribution in [3.63, 3.8) is 0 Å². The Morgan fingerprint density at radius 2 is 2.03 bits per heavy atom. The normalized spacial score (nSPS) is 23.8. The number of ether oxygens (including phenoxy) is 1. The van der Waals surface area contributed by atoms with Crippen LogP contribution in [0.3, 0.4) is 0 Å². The summed E-state index contributed by atoms with van der Waals surface area (Å²) < 4.78 is 23.0. The zero-order valence-electron chi connectivity index (χ0n) is 19.1. The lowest BCUT2D eigenvalue weighted by atomic mass is 9.95. The fourth-order valence-electron chi connectivity index (χ4n) is 5.25. The Kier molecular flexibility index (Phi) is 5.33. The van der Waals surface area contributed by atoms with E-state index < -0.39 is 0 Å². The third kappa shape index (κ3) is 4.24. The summed E-state index contributed by atoms with van der Waals surface area (Å²) in [5, 5.41) is 3.50. The molecule has 4 heterocycles. The molecule has 5 nitrogen and oxygen atoms in total. The molecule has 3 aromatic rings. The van der Waals surface area contributed by atoms with Gasteiger partial charge in [0.05, 0.1) is 0 Å². The van der Waals surface area contributed by atoms with Crippen molar-refractivity contribution in [3.8, 4) is 16.9 Å². The van der Waals surface area contributed by atoms with Crippen molar-refractivity contribution in [3.05, 3.63) is 60.2 Å². The highest BCUT2D eigenvalue weighted by molar-refractivity contribution is 5.80. The van der Waals surface area contributed by atoms with Gasteiger partial charge >= 0.3 is 0 Å². The van der Waals surface area contributed by atoms with E-state index in [0.717, 1.165) is 49.0 Å². The lowest BCUT2D eigenvalue weighted by Gasteiger charge is -2.31. The molecule has 1 fully saturated rings. The molecule has 0 spiro atoms. The lowest BCUT2D eigenvalue weighted by Crippen LogP contribution is -2.43. The van der Waals surface area contributed by atoms with Gasteiger partial charge in [0.25, 0.3) is 0 Å². The van der Waals surface area contributed by atoms with Gasteiger partial charge in [-0.1, -0.05) is 18.6 Å². The van der Waals surface area contributed by atoms with Gasteiger partial charge in [0.1, 0.15) is 29.6 Å². The molecule has 1 aromatic carbocycles. The molecule has 2 aliphatic heterocycles. The summed E-state index contributed by atoms with van der Waals surface area (Å²) in [5.41, 5.74) is 3.65. The van der Waals surface area contributed by atoms with E-state index in [-0.39, 0.29) is 5.82 Å². The fraction of sp³-hybridized carbons (Fsp3) is 0.444. The van der Waals surface area contributed by atoms with E-state index in [2.05, 4.69) is 23.2 Å². The predicted octanol–water partition coefficient (Wildman–Crippen LogP) is 5.38. The summed E-state index contributed by atoms with van der Waals surface area (Å²) in [6, 6.07) is 9.25. The standard InChI is InChI=1S/C27H31FN4O/c1-18-16-32-13-10-29-26-9-12-31-11-8-23(27(31)30-26)24-15-22(6-7-25(24)28)33-17-21(32)5-4-20(18)14-19-2-3-19/h4,6-9,11-12,15,18-19,21H,2-3,5,10,13-14,16-17H2,1H3,(H,29,30)/t18-,21?/m0/s1. The molecule has 4 bridgehead atoms. The molecule has 1 N–H and O–H groups in total. The molecule has 6 heteroatoms. The quantitative estimate of drug-likeness (QED) is 0.537. The van der Waals surface area contributed by atoms with Crippen LogP contribution in [0, 0.1) is 17.7 Å². The minimum Gasteiger partial charge on any atom is -0.492 e. The second-order valence-electron chi connectivity index (χ2n) is 9.86. The molecular formula is C27H31FN4O. The summed E-state index contributed by atoms with van der Waals surface area (Å²) in [6.07, 6.45) is 11.4. The first-order chi connectivity index (χ1) is 16.1. The van der Waals surface area contributed by atoms with E-state index in [1.165, 1.54) is 25.3 Å². The molecule has 1 aliphatic carbocycles. The van der Waals surface area contributed by atoms with Crippen LogP contribution in [0.1, 0.15) is 32.6 Å². The summed E-state index contributed by atoms with van der Waals surface area (Å²) in [7, 11) is 0. The summed E-state index contributed by atoms with van der Waals surface area (Å²) in [5.74, 6) is 2.72. The number of hydrogen-bond acceptors (Lipinski definition) is 4. The molecule has 0 saturated heterocycles. The smallest absolute Gasteiger partial charge is 0.147 e. The van der Waals surface area contributed by atoms with Crippen molar-refractivity contribution in [1.29, 1.82) is 0 Å². The molecule has 1 saturated carbocycles. The van der Waals surface area contributed by atoms with Crippen LogP contribution in [0.4, 0.5) is 10.2 Å². The zero-order chi connectivity index (χ0) is 22.4. The number of nitrogens with zero attached hydrogens (tertiary/aromatic N) is 3. The van der Waals surface area contributed by atoms with Crippen LogP contribution < -0.4 is 10.1 Å². The van der Waals surface area contributed by atoms with E-state index in [0.29, 0.717) is 29.9 Å². The first-order valence-corrected chi connectivity index (χ1v) is 12.2. The SMILES string of the molecule is C[C@H]1CN2CCNc3ccn4ccc(c4n3)-c3cc(ccc3F)OCC2CC=C1CC1CC1. The van der Waals surface area contributed by atoms with Crippen LogP contribution in [0.2, 0.25) is 0 Å². The third-order valence-electron chi connectivity index (χ3n) is 7.41. The minimum absolute atomic E-state index is 0.264. The monoisotopic (exact) mass is 446 g/mol. The average molecular weight is 447 g/mol. The van der Waals surface area contributed by atoms with Gasteiger partial charge in [-0.15, -0.1) is 0 Å². The fourth-order valence-corrected chi connectivity index (χ4v) is 5.25. The molecular weight excluding hydrogens is 415 g/mol.